The molecule has 0 spiro atoms. The highest BCUT2D eigenvalue weighted by Crippen LogP contribution is 2.37. The number of rotatable bonds is 15. The molecule has 2 aromatic carbocycles. The van der Waals surface area contributed by atoms with Crippen LogP contribution in [0.3, 0.4) is 0 Å². The Kier molecular flexibility index (Phi) is 12.7. The van der Waals surface area contributed by atoms with Crippen LogP contribution in [-0.2, 0) is 41.9 Å². The molecule has 0 amide bonds. The number of sulfonamides is 1. The number of halogens is 4. The lowest BCUT2D eigenvalue weighted by molar-refractivity contribution is -0.377. The normalized spacial score (nSPS) is 13.4. The van der Waals surface area contributed by atoms with Crippen molar-refractivity contribution in [2.75, 3.05) is 24.2 Å². The first-order valence-electron chi connectivity index (χ1n) is 13.3. The van der Waals surface area contributed by atoms with Crippen LogP contribution in [0.1, 0.15) is 35.6 Å². The quantitative estimate of drug-likeness (QED) is 0.216. The van der Waals surface area contributed by atoms with Crippen LogP contribution in [0, 0.1) is 5.92 Å². The standard InChI is InChI=1S/C29H28Cl2F2N2O8S.H2O/c1-44(38,39)35-20-7-4-17(5-8-20)10-27(36)41-16-28(37)42-25(12-21-22(30)13-34-14-23(21)31)19-6-9-24(43-29(32)33)26(11-19)40-15-18-2-3-18;/h4-9,11,13-14,18,25,29,35H,2-3,10,12,15-16H2,1H3;1H2/t25-;/m0./s1. The third-order valence-electron chi connectivity index (χ3n) is 6.34. The van der Waals surface area contributed by atoms with E-state index in [0.29, 0.717) is 34.9 Å². The molecule has 3 N–H and O–H groups in total. The minimum Gasteiger partial charge on any atom is -0.870 e. The fourth-order valence-electron chi connectivity index (χ4n) is 4.06. The van der Waals surface area contributed by atoms with Crippen molar-refractivity contribution in [1.29, 1.82) is 0 Å². The minimum absolute atomic E-state index is 0. The van der Waals surface area contributed by atoms with Crippen LogP contribution in [0.25, 0.3) is 0 Å². The Morgan fingerprint density at radius 3 is 2.29 bits per heavy atom. The molecule has 16 heteroatoms. The second-order valence-corrected chi connectivity index (χ2v) is 12.6. The van der Waals surface area contributed by atoms with E-state index in [-0.39, 0.29) is 39.9 Å². The smallest absolute Gasteiger partial charge is 0.387 e. The summed E-state index contributed by atoms with van der Waals surface area (Å²) in [6.07, 6.45) is 4.73. The Morgan fingerprint density at radius 2 is 1.69 bits per heavy atom. The number of hydrogen-bond donors (Lipinski definition) is 1. The second kappa shape index (κ2) is 16.0. The Labute approximate surface area is 268 Å². The summed E-state index contributed by atoms with van der Waals surface area (Å²) in [5.41, 5.74) is 1.67. The zero-order valence-corrected chi connectivity index (χ0v) is 26.1. The van der Waals surface area contributed by atoms with E-state index in [9.17, 15) is 26.8 Å². The summed E-state index contributed by atoms with van der Waals surface area (Å²) in [4.78, 5) is 28.0. The number of pyridine rings is 1. The van der Waals surface area contributed by atoms with Gasteiger partial charge < -0.3 is 24.4 Å². The van der Waals surface area contributed by atoms with Gasteiger partial charge in [-0.2, -0.15) is 8.78 Å². The predicted octanol–water partition coefficient (Wildman–Crippen LogP) is 5.01. The van der Waals surface area contributed by atoms with Crippen LogP contribution in [0.2, 0.25) is 10.0 Å². The van der Waals surface area contributed by atoms with Gasteiger partial charge in [0.05, 0.1) is 19.3 Å². The fourth-order valence-corrected chi connectivity index (χ4v) is 5.16. The number of esters is 2. The highest BCUT2D eigenvalue weighted by atomic mass is 35.5. The monoisotopic (exact) mass is 690 g/mol. The van der Waals surface area contributed by atoms with Crippen LogP contribution in [0.4, 0.5) is 14.5 Å². The van der Waals surface area contributed by atoms with Gasteiger partial charge in [-0.15, -0.1) is 0 Å². The van der Waals surface area contributed by atoms with Gasteiger partial charge >= 0.3 is 18.6 Å². The minimum atomic E-state index is -3.45. The number of carbonyl (C=O) groups is 2. The Morgan fingerprint density at radius 1 is 1.02 bits per heavy atom. The molecule has 244 valence electrons. The van der Waals surface area contributed by atoms with Crippen molar-refractivity contribution in [1.82, 2.24) is 0 Å². The van der Waals surface area contributed by atoms with Crippen molar-refractivity contribution < 1.29 is 56.2 Å². The third-order valence-corrected chi connectivity index (χ3v) is 7.62. The second-order valence-electron chi connectivity index (χ2n) is 10.1. The van der Waals surface area contributed by atoms with E-state index in [1.54, 1.807) is 0 Å². The van der Waals surface area contributed by atoms with Crippen molar-refractivity contribution in [3.05, 3.63) is 81.6 Å². The first-order chi connectivity index (χ1) is 20.9. The first kappa shape index (κ1) is 35.8. The number of carbonyl (C=O) groups excluding carboxylic acids is 2. The van der Waals surface area contributed by atoms with Gasteiger partial charge in [-0.3, -0.25) is 9.52 Å². The van der Waals surface area contributed by atoms with Gasteiger partial charge in [0, 0.05) is 17.7 Å². The SMILES string of the molecule is CS(=O)(=O)Nc1ccc(CC(=O)OCC(=O)O[C@@H](Cc2c(Cl)c[nH+]cc2Cl)c2ccc(OC(F)F)c(OCC3CC3)c2)cc1.[OH-]. The van der Waals surface area contributed by atoms with Crippen molar-refractivity contribution >= 4 is 50.9 Å². The molecule has 45 heavy (non-hydrogen) atoms. The van der Waals surface area contributed by atoms with Gasteiger partial charge in [-0.25, -0.2) is 18.2 Å². The molecule has 0 saturated heterocycles. The number of anilines is 1. The summed E-state index contributed by atoms with van der Waals surface area (Å²) in [6, 6.07) is 10.2. The molecule has 0 radical (unpaired) electrons. The average Bonchev–Trinajstić information content (AvgIpc) is 3.77. The van der Waals surface area contributed by atoms with Gasteiger partial charge in [0.25, 0.3) is 0 Å². The van der Waals surface area contributed by atoms with Crippen LogP contribution >= 0.6 is 23.2 Å². The molecule has 1 aliphatic carbocycles. The molecule has 4 rings (SSSR count). The van der Waals surface area contributed by atoms with E-state index in [0.717, 1.165) is 19.1 Å². The number of H-pyrrole nitrogens is 1. The molecule has 1 atom stereocenters. The van der Waals surface area contributed by atoms with Crippen molar-refractivity contribution in [2.24, 2.45) is 5.92 Å². The number of alkyl halides is 2. The molecule has 11 nitrogen and oxygen atoms in total. The maximum Gasteiger partial charge on any atom is 0.387 e. The molecule has 0 bridgehead atoms. The molecule has 0 aliphatic heterocycles. The number of hydrogen-bond acceptors (Lipinski definition) is 9. The fraction of sp³-hybridized carbons (Fsp3) is 0.345. The molecule has 1 fully saturated rings. The Hall–Kier alpha value is -3.72. The van der Waals surface area contributed by atoms with Crippen LogP contribution in [0.5, 0.6) is 11.5 Å². The summed E-state index contributed by atoms with van der Waals surface area (Å²) >= 11 is 12.7. The lowest BCUT2D eigenvalue weighted by Gasteiger charge is -2.21. The number of nitrogens with one attached hydrogen (secondary N) is 2. The number of aromatic amines is 1. The lowest BCUT2D eigenvalue weighted by Crippen LogP contribution is -2.21. The number of benzene rings is 2. The maximum absolute atomic E-state index is 13.0. The van der Waals surface area contributed by atoms with Crippen LogP contribution < -0.4 is 19.2 Å². The summed E-state index contributed by atoms with van der Waals surface area (Å²) in [5.74, 6) is -1.41. The molecular formula is C29H30Cl2F2N2O9S. The third kappa shape index (κ3) is 11.6. The van der Waals surface area contributed by atoms with E-state index >= 15 is 0 Å². The predicted molar refractivity (Wildman–Crippen MR) is 158 cm³/mol. The molecule has 3 aromatic rings. The Balaban J connectivity index is 0.00000552. The Bertz CT molecular complexity index is 1570. The molecule has 1 heterocycles. The zero-order valence-electron chi connectivity index (χ0n) is 23.8. The summed E-state index contributed by atoms with van der Waals surface area (Å²) in [6.45, 7) is -3.48. The molecule has 1 saturated carbocycles. The van der Waals surface area contributed by atoms with Crippen LogP contribution in [-0.4, -0.2) is 51.9 Å². The van der Waals surface area contributed by atoms with E-state index in [1.165, 1.54) is 54.9 Å². The number of aromatic nitrogens is 1. The highest BCUT2D eigenvalue weighted by molar-refractivity contribution is 7.92. The largest absolute Gasteiger partial charge is 0.870 e. The molecule has 1 aromatic heterocycles. The van der Waals surface area contributed by atoms with Crippen LogP contribution in [0.15, 0.2) is 54.9 Å². The summed E-state index contributed by atoms with van der Waals surface area (Å²) in [5, 5.41) is 0.538. The average molecular weight is 692 g/mol. The molecule has 0 unspecified atom stereocenters. The van der Waals surface area contributed by atoms with Gasteiger partial charge in [0.15, 0.2) is 30.5 Å². The summed E-state index contributed by atoms with van der Waals surface area (Å²) in [7, 11) is -3.45. The van der Waals surface area contributed by atoms with Gasteiger partial charge in [-0.1, -0.05) is 41.4 Å². The topological polar surface area (TPSA) is 161 Å². The van der Waals surface area contributed by atoms with E-state index < -0.39 is 41.3 Å². The number of ether oxygens (including phenoxy) is 4. The van der Waals surface area contributed by atoms with E-state index in [4.69, 9.17) is 37.4 Å². The highest BCUT2D eigenvalue weighted by Gasteiger charge is 2.26. The first-order valence-corrected chi connectivity index (χ1v) is 16.0. The zero-order chi connectivity index (χ0) is 31.9. The summed E-state index contributed by atoms with van der Waals surface area (Å²) < 4.78 is 72.3. The lowest BCUT2D eigenvalue weighted by atomic mass is 10.0. The maximum atomic E-state index is 13.0. The van der Waals surface area contributed by atoms with Gasteiger partial charge in [0.2, 0.25) is 10.0 Å². The van der Waals surface area contributed by atoms with Crippen molar-refractivity contribution in [2.45, 2.75) is 38.4 Å². The van der Waals surface area contributed by atoms with Crippen molar-refractivity contribution in [3.8, 4) is 11.5 Å². The van der Waals surface area contributed by atoms with E-state index in [2.05, 4.69) is 14.4 Å². The van der Waals surface area contributed by atoms with Crippen molar-refractivity contribution in [3.63, 3.8) is 0 Å². The molecular weight excluding hydrogens is 661 g/mol. The molecule has 1 aliphatic rings. The van der Waals surface area contributed by atoms with Gasteiger partial charge in [0.1, 0.15) is 16.1 Å². The van der Waals surface area contributed by atoms with Gasteiger partial charge in [-0.05, 0) is 54.2 Å². The van der Waals surface area contributed by atoms with E-state index in [1.807, 2.05) is 0 Å².